The number of likely N-dealkylation sites (tertiary alicyclic amines) is 1. The summed E-state index contributed by atoms with van der Waals surface area (Å²) in [6.45, 7) is 1.56. The lowest BCUT2D eigenvalue weighted by atomic mass is 9.98. The van der Waals surface area contributed by atoms with Crippen molar-refractivity contribution in [1.29, 1.82) is 0 Å². The molecule has 170 valence electrons. The maximum Gasteiger partial charge on any atom is 0.397 e. The first-order chi connectivity index (χ1) is 15.3. The second kappa shape index (κ2) is 9.01. The van der Waals surface area contributed by atoms with Gasteiger partial charge in [-0.1, -0.05) is 0 Å². The number of amides is 2. The first-order valence-electron chi connectivity index (χ1n) is 10.2. The molecule has 1 atom stereocenters. The molecular formula is C21H22F3N5O3. The minimum Gasteiger partial charge on any atom is -0.489 e. The molecule has 11 heteroatoms. The smallest absolute Gasteiger partial charge is 0.397 e. The zero-order valence-electron chi connectivity index (χ0n) is 17.1. The molecule has 0 saturated carbocycles. The number of carbonyl (C=O) groups excluding carboxylic acids is 2. The van der Waals surface area contributed by atoms with E-state index < -0.39 is 18.5 Å². The van der Waals surface area contributed by atoms with Gasteiger partial charge >= 0.3 is 6.18 Å². The lowest BCUT2D eigenvalue weighted by molar-refractivity contribution is -0.160. The molecule has 3 heterocycles. The lowest BCUT2D eigenvalue weighted by Crippen LogP contribution is -2.52. The zero-order chi connectivity index (χ0) is 22.7. The third kappa shape index (κ3) is 5.45. The van der Waals surface area contributed by atoms with Gasteiger partial charge in [0.15, 0.2) is 0 Å². The molecule has 8 nitrogen and oxygen atoms in total. The van der Waals surface area contributed by atoms with Crippen LogP contribution in [0.5, 0.6) is 5.75 Å². The van der Waals surface area contributed by atoms with Crippen LogP contribution >= 0.6 is 0 Å². The quantitative estimate of drug-likeness (QED) is 0.729. The van der Waals surface area contributed by atoms with Crippen molar-refractivity contribution in [3.8, 4) is 5.75 Å². The number of anilines is 2. The predicted molar refractivity (Wildman–Crippen MR) is 109 cm³/mol. The molecule has 1 aromatic carbocycles. The molecule has 2 fully saturated rings. The van der Waals surface area contributed by atoms with Crippen molar-refractivity contribution < 1.29 is 27.5 Å². The molecule has 32 heavy (non-hydrogen) atoms. The summed E-state index contributed by atoms with van der Waals surface area (Å²) in [5.74, 6) is -0.612. The predicted octanol–water partition coefficient (Wildman–Crippen LogP) is 2.48. The standard InChI is InChI=1S/C21H22F3N5O3/c22-21(23,24)9-19(30)28-8-6-18(13-28)32-17-3-1-15(2-4-17)27-20(31)14-11-29(12-14)16-5-7-25-26-10-16/h1-5,7,10,14,18H,6,8-9,11-13H2,(H,27,31). The van der Waals surface area contributed by atoms with E-state index in [0.717, 1.165) is 5.69 Å². The Morgan fingerprint density at radius 1 is 1.09 bits per heavy atom. The van der Waals surface area contributed by atoms with Crippen LogP contribution in [-0.4, -0.2) is 65.4 Å². The molecule has 0 spiro atoms. The van der Waals surface area contributed by atoms with Gasteiger partial charge in [0.2, 0.25) is 11.8 Å². The van der Waals surface area contributed by atoms with Crippen LogP contribution in [-0.2, 0) is 9.59 Å². The van der Waals surface area contributed by atoms with Gasteiger partial charge in [-0.2, -0.15) is 23.4 Å². The molecule has 2 aliphatic rings. The molecular weight excluding hydrogens is 427 g/mol. The third-order valence-corrected chi connectivity index (χ3v) is 5.46. The first kappa shape index (κ1) is 21.8. The van der Waals surface area contributed by atoms with Crippen molar-refractivity contribution in [3.63, 3.8) is 0 Å². The number of carbonyl (C=O) groups is 2. The van der Waals surface area contributed by atoms with E-state index in [-0.39, 0.29) is 31.0 Å². The molecule has 2 aliphatic heterocycles. The SMILES string of the molecule is O=C(Nc1ccc(OC2CCN(C(=O)CC(F)(F)F)C2)cc1)C1CN(c2ccnnc2)C1. The minimum absolute atomic E-state index is 0.0773. The van der Waals surface area contributed by atoms with Crippen molar-refractivity contribution in [2.45, 2.75) is 25.1 Å². The zero-order valence-corrected chi connectivity index (χ0v) is 17.1. The number of hydrogen-bond donors (Lipinski definition) is 1. The van der Waals surface area contributed by atoms with E-state index in [1.165, 1.54) is 4.90 Å². The van der Waals surface area contributed by atoms with Gasteiger partial charge in [-0.25, -0.2) is 0 Å². The maximum atomic E-state index is 12.4. The third-order valence-electron chi connectivity index (χ3n) is 5.46. The van der Waals surface area contributed by atoms with Crippen molar-refractivity contribution in [3.05, 3.63) is 42.7 Å². The fraction of sp³-hybridized carbons (Fsp3) is 0.429. The second-order valence-electron chi connectivity index (χ2n) is 7.88. The van der Waals surface area contributed by atoms with Gasteiger partial charge in [-0.05, 0) is 30.3 Å². The number of alkyl halides is 3. The largest absolute Gasteiger partial charge is 0.489 e. The van der Waals surface area contributed by atoms with Crippen LogP contribution < -0.4 is 15.0 Å². The monoisotopic (exact) mass is 449 g/mol. The fourth-order valence-corrected chi connectivity index (χ4v) is 3.71. The van der Waals surface area contributed by atoms with Gasteiger partial charge in [-0.15, -0.1) is 0 Å². The van der Waals surface area contributed by atoms with Crippen LogP contribution in [0.25, 0.3) is 0 Å². The maximum absolute atomic E-state index is 12.4. The molecule has 2 aromatic rings. The molecule has 1 N–H and O–H groups in total. The Morgan fingerprint density at radius 3 is 2.50 bits per heavy atom. The molecule has 2 saturated heterocycles. The van der Waals surface area contributed by atoms with Crippen molar-refractivity contribution in [1.82, 2.24) is 15.1 Å². The molecule has 1 unspecified atom stereocenters. The number of rotatable bonds is 6. The van der Waals surface area contributed by atoms with E-state index in [2.05, 4.69) is 15.5 Å². The number of nitrogens with one attached hydrogen (secondary N) is 1. The van der Waals surface area contributed by atoms with E-state index >= 15 is 0 Å². The molecule has 0 radical (unpaired) electrons. The van der Waals surface area contributed by atoms with Crippen molar-refractivity contribution in [2.75, 3.05) is 36.4 Å². The van der Waals surface area contributed by atoms with Gasteiger partial charge in [0.25, 0.3) is 0 Å². The Labute approximate surface area is 182 Å². The van der Waals surface area contributed by atoms with Crippen LogP contribution in [0.15, 0.2) is 42.7 Å². The Morgan fingerprint density at radius 2 is 1.84 bits per heavy atom. The first-order valence-corrected chi connectivity index (χ1v) is 10.2. The number of halogens is 3. The van der Waals surface area contributed by atoms with Crippen molar-refractivity contribution in [2.24, 2.45) is 5.92 Å². The summed E-state index contributed by atoms with van der Waals surface area (Å²) < 4.78 is 43.0. The molecule has 2 amide bonds. The highest BCUT2D eigenvalue weighted by Gasteiger charge is 2.36. The van der Waals surface area contributed by atoms with E-state index in [9.17, 15) is 22.8 Å². The van der Waals surface area contributed by atoms with E-state index in [4.69, 9.17) is 4.74 Å². The van der Waals surface area contributed by atoms with Crippen molar-refractivity contribution >= 4 is 23.2 Å². The molecule has 4 rings (SSSR count). The van der Waals surface area contributed by atoms with Crippen LogP contribution in [0.4, 0.5) is 24.5 Å². The summed E-state index contributed by atoms with van der Waals surface area (Å²) in [7, 11) is 0. The fourth-order valence-electron chi connectivity index (χ4n) is 3.71. The lowest BCUT2D eigenvalue weighted by Gasteiger charge is -2.39. The Hall–Kier alpha value is -3.37. The molecule has 0 aliphatic carbocycles. The van der Waals surface area contributed by atoms with E-state index in [1.54, 1.807) is 36.7 Å². The summed E-state index contributed by atoms with van der Waals surface area (Å²) in [4.78, 5) is 27.3. The average molecular weight is 449 g/mol. The summed E-state index contributed by atoms with van der Waals surface area (Å²) in [6.07, 6.45) is -2.60. The number of aromatic nitrogens is 2. The van der Waals surface area contributed by atoms with Crippen LogP contribution in [0.2, 0.25) is 0 Å². The Bertz CT molecular complexity index is 949. The summed E-state index contributed by atoms with van der Waals surface area (Å²) in [5, 5.41) is 10.4. The number of hydrogen-bond acceptors (Lipinski definition) is 6. The normalized spacial score (nSPS) is 18.9. The Kier molecular flexibility index (Phi) is 6.15. The molecule has 1 aromatic heterocycles. The molecule has 0 bridgehead atoms. The van der Waals surface area contributed by atoms with Crippen LogP contribution in [0.1, 0.15) is 12.8 Å². The van der Waals surface area contributed by atoms with E-state index in [0.29, 0.717) is 30.9 Å². The van der Waals surface area contributed by atoms with Gasteiger partial charge in [0.1, 0.15) is 18.3 Å². The summed E-state index contributed by atoms with van der Waals surface area (Å²) >= 11 is 0. The van der Waals surface area contributed by atoms with Crippen LogP contribution in [0, 0.1) is 5.92 Å². The second-order valence-corrected chi connectivity index (χ2v) is 7.88. The van der Waals surface area contributed by atoms with E-state index in [1.807, 2.05) is 11.0 Å². The van der Waals surface area contributed by atoms with Crippen LogP contribution in [0.3, 0.4) is 0 Å². The highest BCUT2D eigenvalue weighted by Crippen LogP contribution is 2.26. The average Bonchev–Trinajstić information content (AvgIpc) is 3.17. The summed E-state index contributed by atoms with van der Waals surface area (Å²) in [6, 6.07) is 8.63. The van der Waals surface area contributed by atoms with Gasteiger partial charge < -0.3 is 19.9 Å². The van der Waals surface area contributed by atoms with Gasteiger partial charge in [0, 0.05) is 31.7 Å². The number of ether oxygens (including phenoxy) is 1. The van der Waals surface area contributed by atoms with Gasteiger partial charge in [-0.3, -0.25) is 9.59 Å². The highest BCUT2D eigenvalue weighted by molar-refractivity contribution is 5.94. The summed E-state index contributed by atoms with van der Waals surface area (Å²) in [5.41, 5.74) is 1.55. The highest BCUT2D eigenvalue weighted by atomic mass is 19.4. The number of nitrogens with zero attached hydrogens (tertiary/aromatic N) is 4. The minimum atomic E-state index is -4.51. The van der Waals surface area contributed by atoms with Gasteiger partial charge in [0.05, 0.1) is 30.5 Å². The number of benzene rings is 1. The topological polar surface area (TPSA) is 87.7 Å². The Balaban J connectivity index is 1.22.